The van der Waals surface area contributed by atoms with Crippen LogP contribution in [0.4, 0.5) is 5.69 Å². The zero-order valence-electron chi connectivity index (χ0n) is 14.1. The van der Waals surface area contributed by atoms with Crippen LogP contribution in [0.2, 0.25) is 10.0 Å². The first kappa shape index (κ1) is 18.4. The van der Waals surface area contributed by atoms with Crippen molar-refractivity contribution in [2.45, 2.75) is 18.9 Å². The van der Waals surface area contributed by atoms with E-state index in [4.69, 9.17) is 28.9 Å². The molecular formula is C17H26Cl2N4. The summed E-state index contributed by atoms with van der Waals surface area (Å²) in [6.45, 7) is 3.00. The second-order valence-electron chi connectivity index (χ2n) is 6.09. The normalized spacial score (nSPS) is 18.3. The number of hydrogen-bond donors (Lipinski definition) is 2. The van der Waals surface area contributed by atoms with Gasteiger partial charge in [0.1, 0.15) is 0 Å². The van der Waals surface area contributed by atoms with Gasteiger partial charge in [0, 0.05) is 27.2 Å². The van der Waals surface area contributed by atoms with Gasteiger partial charge in [-0.2, -0.15) is 0 Å². The molecule has 0 radical (unpaired) electrons. The summed E-state index contributed by atoms with van der Waals surface area (Å²) in [7, 11) is 6.09. The van der Waals surface area contributed by atoms with E-state index in [1.54, 1.807) is 0 Å². The predicted molar refractivity (Wildman–Crippen MR) is 101 cm³/mol. The number of nitrogens with two attached hydrogens (primary N) is 1. The summed E-state index contributed by atoms with van der Waals surface area (Å²) in [6, 6.07) is 1.70. The second-order valence-corrected chi connectivity index (χ2v) is 6.88. The molecule has 3 N–H and O–H groups in total. The molecule has 1 aliphatic rings. The molecule has 0 saturated heterocycles. The van der Waals surface area contributed by atoms with Crippen molar-refractivity contribution in [2.75, 3.05) is 45.7 Å². The van der Waals surface area contributed by atoms with Gasteiger partial charge in [-0.1, -0.05) is 23.2 Å². The fraction of sp³-hybridized carbons (Fsp3) is 0.529. The van der Waals surface area contributed by atoms with Gasteiger partial charge in [0.05, 0.1) is 21.8 Å². The van der Waals surface area contributed by atoms with Crippen LogP contribution in [0.3, 0.4) is 0 Å². The number of hydrogen-bond acceptors (Lipinski definition) is 4. The number of likely N-dealkylation sites (N-methyl/N-ethyl adjacent to an activating group) is 1. The van der Waals surface area contributed by atoms with E-state index in [9.17, 15) is 0 Å². The third-order valence-corrected chi connectivity index (χ3v) is 5.10. The molecule has 23 heavy (non-hydrogen) atoms. The zero-order chi connectivity index (χ0) is 17.0. The maximum absolute atomic E-state index is 6.54. The largest absolute Gasteiger partial charge is 0.394 e. The van der Waals surface area contributed by atoms with E-state index in [0.29, 0.717) is 10.0 Å². The van der Waals surface area contributed by atoms with E-state index < -0.39 is 0 Å². The number of nitrogens with zero attached hydrogens (tertiary/aromatic N) is 2. The molecule has 1 aliphatic heterocycles. The summed E-state index contributed by atoms with van der Waals surface area (Å²) >= 11 is 12.9. The van der Waals surface area contributed by atoms with Crippen molar-refractivity contribution in [3.05, 3.63) is 39.5 Å². The minimum atomic E-state index is -0.217. The van der Waals surface area contributed by atoms with Crippen molar-refractivity contribution >= 4 is 28.9 Å². The maximum Gasteiger partial charge on any atom is 0.0828 e. The number of rotatable bonds is 3. The molecule has 2 rings (SSSR count). The van der Waals surface area contributed by atoms with Crippen LogP contribution < -0.4 is 16.0 Å². The summed E-state index contributed by atoms with van der Waals surface area (Å²) in [5.41, 5.74) is 9.64. The van der Waals surface area contributed by atoms with Gasteiger partial charge >= 0.3 is 0 Å². The van der Waals surface area contributed by atoms with Gasteiger partial charge in [0.25, 0.3) is 0 Å². The van der Waals surface area contributed by atoms with Crippen LogP contribution in [0.5, 0.6) is 0 Å². The van der Waals surface area contributed by atoms with Crippen molar-refractivity contribution in [3.63, 3.8) is 0 Å². The Morgan fingerprint density at radius 3 is 2.70 bits per heavy atom. The number of nitrogens with one attached hydrogen (secondary N) is 1. The summed E-state index contributed by atoms with van der Waals surface area (Å²) in [6.07, 6.45) is 5.79. The van der Waals surface area contributed by atoms with Gasteiger partial charge in [0.2, 0.25) is 0 Å². The third kappa shape index (κ3) is 4.32. The van der Waals surface area contributed by atoms with Crippen LogP contribution >= 0.6 is 23.2 Å². The Kier molecular flexibility index (Phi) is 6.60. The monoisotopic (exact) mass is 356 g/mol. The van der Waals surface area contributed by atoms with Crippen molar-refractivity contribution in [1.82, 2.24) is 10.2 Å². The molecule has 1 atom stereocenters. The van der Waals surface area contributed by atoms with Crippen molar-refractivity contribution in [3.8, 4) is 0 Å². The molecule has 1 unspecified atom stereocenters. The van der Waals surface area contributed by atoms with Crippen LogP contribution in [0.25, 0.3) is 0 Å². The highest BCUT2D eigenvalue weighted by atomic mass is 35.5. The van der Waals surface area contributed by atoms with Crippen LogP contribution in [-0.2, 0) is 6.42 Å². The fourth-order valence-electron chi connectivity index (χ4n) is 3.04. The van der Waals surface area contributed by atoms with Gasteiger partial charge in [-0.25, -0.2) is 0 Å². The van der Waals surface area contributed by atoms with E-state index in [2.05, 4.69) is 29.2 Å². The lowest BCUT2D eigenvalue weighted by molar-refractivity contribution is 0.337. The minimum Gasteiger partial charge on any atom is -0.394 e. The Bertz CT molecular complexity index is 574. The molecule has 4 nitrogen and oxygen atoms in total. The lowest BCUT2D eigenvalue weighted by Crippen LogP contribution is -2.24. The van der Waals surface area contributed by atoms with Crippen molar-refractivity contribution < 1.29 is 0 Å². The van der Waals surface area contributed by atoms with Crippen LogP contribution in [0, 0.1) is 0 Å². The quantitative estimate of drug-likeness (QED) is 0.873. The van der Waals surface area contributed by atoms with E-state index in [0.717, 1.165) is 43.7 Å². The highest BCUT2D eigenvalue weighted by molar-refractivity contribution is 6.44. The van der Waals surface area contributed by atoms with Gasteiger partial charge in [-0.05, 0) is 55.9 Å². The van der Waals surface area contributed by atoms with Gasteiger partial charge in [0.15, 0.2) is 0 Å². The van der Waals surface area contributed by atoms with Gasteiger partial charge in [-0.3, -0.25) is 0 Å². The molecule has 1 aromatic rings. The molecule has 1 aromatic carbocycles. The van der Waals surface area contributed by atoms with E-state index in [-0.39, 0.29) is 6.04 Å². The van der Waals surface area contributed by atoms with Crippen LogP contribution in [-0.4, -0.2) is 45.7 Å². The molecule has 0 fully saturated rings. The Morgan fingerprint density at radius 1 is 1.26 bits per heavy atom. The molecule has 1 heterocycles. The first-order valence-corrected chi connectivity index (χ1v) is 8.71. The van der Waals surface area contributed by atoms with Gasteiger partial charge < -0.3 is 20.9 Å². The van der Waals surface area contributed by atoms with E-state index in [1.165, 1.54) is 5.56 Å². The van der Waals surface area contributed by atoms with Crippen molar-refractivity contribution in [1.29, 1.82) is 0 Å². The number of benzene rings is 1. The fourth-order valence-corrected chi connectivity index (χ4v) is 3.55. The average Bonchev–Trinajstić information content (AvgIpc) is 2.59. The summed E-state index contributed by atoms with van der Waals surface area (Å²) in [4.78, 5) is 4.56. The van der Waals surface area contributed by atoms with E-state index in [1.807, 2.05) is 25.4 Å². The molecule has 128 valence electrons. The Balaban J connectivity index is 2.55. The molecule has 0 spiro atoms. The predicted octanol–water partition coefficient (Wildman–Crippen LogP) is 3.04. The molecule has 0 aromatic heterocycles. The molecule has 0 saturated carbocycles. The topological polar surface area (TPSA) is 44.5 Å². The average molecular weight is 357 g/mol. The summed E-state index contributed by atoms with van der Waals surface area (Å²) in [5.74, 6) is 0. The van der Waals surface area contributed by atoms with Crippen LogP contribution in [0.15, 0.2) is 18.3 Å². The molecule has 6 heteroatoms. The number of halogens is 2. The smallest absolute Gasteiger partial charge is 0.0828 e. The maximum atomic E-state index is 6.54. The Morgan fingerprint density at radius 2 is 2.00 bits per heavy atom. The third-order valence-electron chi connectivity index (χ3n) is 4.32. The Hall–Kier alpha value is -0.940. The zero-order valence-corrected chi connectivity index (χ0v) is 15.6. The minimum absolute atomic E-state index is 0.217. The second kappa shape index (κ2) is 8.25. The highest BCUT2D eigenvalue weighted by Crippen LogP contribution is 2.40. The standard InChI is InChI=1S/C17H26Cl2N4/c1-21-7-5-15(20)13-11-14(18)16(19)17-12(13)6-10-22(2)8-4-9-23(17)3/h5,7,11,15,21H,4,6,8-10,20H2,1-3H3/b7-5-. The lowest BCUT2D eigenvalue weighted by atomic mass is 9.95. The number of anilines is 1. The molecule has 0 bridgehead atoms. The van der Waals surface area contributed by atoms with E-state index >= 15 is 0 Å². The summed E-state index contributed by atoms with van der Waals surface area (Å²) in [5, 5.41) is 4.17. The number of fused-ring (bicyclic) bond motifs is 1. The Labute approximate surface area is 149 Å². The van der Waals surface area contributed by atoms with Crippen molar-refractivity contribution in [2.24, 2.45) is 5.73 Å². The molecule has 0 amide bonds. The lowest BCUT2D eigenvalue weighted by Gasteiger charge is -2.26. The SMILES string of the molecule is CN/C=C\C(N)c1cc(Cl)c(Cl)c2c1CCN(C)CCCN2C. The summed E-state index contributed by atoms with van der Waals surface area (Å²) < 4.78 is 0. The van der Waals surface area contributed by atoms with Crippen LogP contribution in [0.1, 0.15) is 23.6 Å². The van der Waals surface area contributed by atoms with Gasteiger partial charge in [-0.15, -0.1) is 0 Å². The molecule has 0 aliphatic carbocycles. The molecular weight excluding hydrogens is 331 g/mol. The highest BCUT2D eigenvalue weighted by Gasteiger charge is 2.22. The first-order valence-electron chi connectivity index (χ1n) is 7.95. The first-order chi connectivity index (χ1) is 11.0.